The summed E-state index contributed by atoms with van der Waals surface area (Å²) < 4.78 is 12.9. The third kappa shape index (κ3) is 2.70. The van der Waals surface area contributed by atoms with Crippen molar-refractivity contribution in [3.8, 4) is 0 Å². The molecule has 3 rings (SSSR count). The molecule has 24 heavy (non-hydrogen) atoms. The van der Waals surface area contributed by atoms with Gasteiger partial charge >= 0.3 is 5.97 Å². The molecule has 6 nitrogen and oxygen atoms in total. The monoisotopic (exact) mass is 331 g/mol. The van der Waals surface area contributed by atoms with Crippen molar-refractivity contribution in [2.45, 2.75) is 37.5 Å². The number of rotatable bonds is 6. The van der Waals surface area contributed by atoms with Crippen molar-refractivity contribution >= 4 is 17.0 Å². The van der Waals surface area contributed by atoms with Crippen LogP contribution in [0.5, 0.6) is 0 Å². The summed E-state index contributed by atoms with van der Waals surface area (Å²) in [5, 5.41) is 0. The number of methoxy groups -OCH3 is 2. The normalized spacial score (nSPS) is 17.7. The van der Waals surface area contributed by atoms with Gasteiger partial charge in [0.25, 0.3) is 0 Å². The Hall–Kier alpha value is -1.92. The first-order valence-electron chi connectivity index (χ1n) is 8.26. The summed E-state index contributed by atoms with van der Waals surface area (Å²) in [5.74, 6) is 0.663. The number of para-hydroxylation sites is 2. The highest BCUT2D eigenvalue weighted by molar-refractivity contribution is 5.78. The molecule has 0 spiro atoms. The molecule has 0 amide bonds. The molecule has 0 N–H and O–H groups in total. The Morgan fingerprint density at radius 1 is 1.38 bits per heavy atom. The van der Waals surface area contributed by atoms with Crippen LogP contribution in [0, 0.1) is 0 Å². The zero-order chi connectivity index (χ0) is 17.3. The van der Waals surface area contributed by atoms with Gasteiger partial charge in [-0.25, -0.2) is 4.98 Å². The van der Waals surface area contributed by atoms with Crippen molar-refractivity contribution in [1.82, 2.24) is 14.5 Å². The maximum atomic E-state index is 12.4. The number of hydrogen-bond donors (Lipinski definition) is 0. The summed E-state index contributed by atoms with van der Waals surface area (Å²) in [6, 6.07) is 7.60. The molecule has 1 aromatic heterocycles. The van der Waals surface area contributed by atoms with E-state index in [1.807, 2.05) is 43.3 Å². The summed E-state index contributed by atoms with van der Waals surface area (Å²) in [6.07, 6.45) is 2.81. The zero-order valence-electron chi connectivity index (χ0n) is 14.8. The lowest BCUT2D eigenvalue weighted by molar-refractivity contribution is -0.173. The van der Waals surface area contributed by atoms with Gasteiger partial charge in [0.1, 0.15) is 11.9 Å². The fraction of sp³-hybridized carbons (Fsp3) is 0.556. The number of carbonyl (C=O) groups is 1. The molecule has 0 unspecified atom stereocenters. The molecule has 2 aromatic rings. The molecule has 0 radical (unpaired) electrons. The van der Waals surface area contributed by atoms with Crippen LogP contribution in [0.15, 0.2) is 24.3 Å². The molecule has 1 saturated carbocycles. The van der Waals surface area contributed by atoms with E-state index in [4.69, 9.17) is 14.5 Å². The van der Waals surface area contributed by atoms with Gasteiger partial charge in [0, 0.05) is 14.2 Å². The van der Waals surface area contributed by atoms with Crippen LogP contribution < -0.4 is 0 Å². The number of aryl methyl sites for hydroxylation is 1. The van der Waals surface area contributed by atoms with E-state index in [0.717, 1.165) is 36.1 Å². The zero-order valence-corrected chi connectivity index (χ0v) is 14.8. The van der Waals surface area contributed by atoms with Crippen LogP contribution in [-0.2, 0) is 27.9 Å². The van der Waals surface area contributed by atoms with Crippen LogP contribution in [-0.4, -0.2) is 53.3 Å². The van der Waals surface area contributed by atoms with E-state index in [1.165, 1.54) is 7.11 Å². The Morgan fingerprint density at radius 3 is 2.62 bits per heavy atom. The SMILES string of the molecule is COC(=O)[C@H](N(C)Cc1nc2ccccc2n1C)C1(OC)CCC1. The number of hydrogen-bond acceptors (Lipinski definition) is 5. The van der Waals surface area contributed by atoms with Crippen molar-refractivity contribution < 1.29 is 14.3 Å². The fourth-order valence-corrected chi connectivity index (χ4v) is 3.67. The fourth-order valence-electron chi connectivity index (χ4n) is 3.67. The minimum absolute atomic E-state index is 0.252. The highest BCUT2D eigenvalue weighted by atomic mass is 16.5. The van der Waals surface area contributed by atoms with Crippen molar-refractivity contribution in [2.24, 2.45) is 7.05 Å². The largest absolute Gasteiger partial charge is 0.468 e. The molecule has 6 heteroatoms. The summed E-state index contributed by atoms with van der Waals surface area (Å²) >= 11 is 0. The van der Waals surface area contributed by atoms with Gasteiger partial charge in [-0.15, -0.1) is 0 Å². The van der Waals surface area contributed by atoms with Gasteiger partial charge in [-0.2, -0.15) is 0 Å². The lowest BCUT2D eigenvalue weighted by Crippen LogP contribution is -2.60. The molecule has 0 saturated heterocycles. The molecule has 1 aliphatic rings. The van der Waals surface area contributed by atoms with E-state index in [0.29, 0.717) is 6.54 Å². The maximum absolute atomic E-state index is 12.4. The van der Waals surface area contributed by atoms with Gasteiger partial charge in [-0.3, -0.25) is 9.69 Å². The number of fused-ring (bicyclic) bond motifs is 1. The number of likely N-dealkylation sites (N-methyl/N-ethyl adjacent to an activating group) is 1. The van der Waals surface area contributed by atoms with Crippen molar-refractivity contribution in [3.63, 3.8) is 0 Å². The molecular weight excluding hydrogens is 306 g/mol. The molecule has 0 aliphatic heterocycles. The van der Waals surface area contributed by atoms with Crippen LogP contribution in [0.4, 0.5) is 0 Å². The van der Waals surface area contributed by atoms with E-state index in [1.54, 1.807) is 7.11 Å². The van der Waals surface area contributed by atoms with Gasteiger partial charge in [0.05, 0.1) is 30.3 Å². The number of imidazole rings is 1. The van der Waals surface area contributed by atoms with E-state index >= 15 is 0 Å². The van der Waals surface area contributed by atoms with Gasteiger partial charge in [-0.05, 0) is 38.4 Å². The molecule has 0 bridgehead atoms. The van der Waals surface area contributed by atoms with E-state index < -0.39 is 11.6 Å². The summed E-state index contributed by atoms with van der Waals surface area (Å²) in [6.45, 7) is 0.552. The van der Waals surface area contributed by atoms with Crippen LogP contribution >= 0.6 is 0 Å². The van der Waals surface area contributed by atoms with Crippen LogP contribution in [0.25, 0.3) is 11.0 Å². The number of esters is 1. The topological polar surface area (TPSA) is 56.6 Å². The first-order valence-corrected chi connectivity index (χ1v) is 8.26. The minimum Gasteiger partial charge on any atom is -0.468 e. The smallest absolute Gasteiger partial charge is 0.326 e. The average molecular weight is 331 g/mol. The van der Waals surface area contributed by atoms with E-state index in [-0.39, 0.29) is 5.97 Å². The number of carbonyl (C=O) groups excluding carboxylic acids is 1. The van der Waals surface area contributed by atoms with E-state index in [2.05, 4.69) is 4.57 Å². The number of aromatic nitrogens is 2. The van der Waals surface area contributed by atoms with Crippen LogP contribution in [0.2, 0.25) is 0 Å². The quantitative estimate of drug-likeness (QED) is 0.759. The molecule has 1 heterocycles. The summed E-state index contributed by atoms with van der Waals surface area (Å²) in [4.78, 5) is 19.1. The number of ether oxygens (including phenoxy) is 2. The molecular formula is C18H25N3O3. The first-order chi connectivity index (χ1) is 11.5. The molecule has 1 fully saturated rings. The summed E-state index contributed by atoms with van der Waals surface area (Å²) in [5.41, 5.74) is 1.59. The van der Waals surface area contributed by atoms with Crippen molar-refractivity contribution in [2.75, 3.05) is 21.3 Å². The van der Waals surface area contributed by atoms with Crippen molar-refractivity contribution in [1.29, 1.82) is 0 Å². The molecule has 1 aromatic carbocycles. The van der Waals surface area contributed by atoms with Gasteiger partial charge in [0.15, 0.2) is 0 Å². The predicted octanol–water partition coefficient (Wildman–Crippen LogP) is 2.12. The lowest BCUT2D eigenvalue weighted by atomic mass is 9.73. The highest BCUT2D eigenvalue weighted by Gasteiger charge is 2.50. The van der Waals surface area contributed by atoms with Gasteiger partial charge < -0.3 is 14.0 Å². The Balaban J connectivity index is 1.88. The second-order valence-corrected chi connectivity index (χ2v) is 6.54. The Bertz CT molecular complexity index is 731. The second kappa shape index (κ2) is 6.53. The minimum atomic E-state index is -0.452. The molecule has 130 valence electrons. The maximum Gasteiger partial charge on any atom is 0.326 e. The molecule has 1 aliphatic carbocycles. The number of benzene rings is 1. The number of nitrogens with zero attached hydrogens (tertiary/aromatic N) is 3. The Labute approximate surface area is 142 Å². The molecule has 1 atom stereocenters. The van der Waals surface area contributed by atoms with Crippen molar-refractivity contribution in [3.05, 3.63) is 30.1 Å². The van der Waals surface area contributed by atoms with E-state index in [9.17, 15) is 4.79 Å². The van der Waals surface area contributed by atoms with Crippen LogP contribution in [0.3, 0.4) is 0 Å². The predicted molar refractivity (Wildman–Crippen MR) is 91.6 cm³/mol. The van der Waals surface area contributed by atoms with Gasteiger partial charge in [-0.1, -0.05) is 12.1 Å². The summed E-state index contributed by atoms with van der Waals surface area (Å²) in [7, 11) is 7.04. The first kappa shape index (κ1) is 16.9. The Morgan fingerprint density at radius 2 is 2.08 bits per heavy atom. The van der Waals surface area contributed by atoms with Gasteiger partial charge in [0.2, 0.25) is 0 Å². The standard InChI is InChI=1S/C18H25N3O3/c1-20(16(17(22)23-3)18(24-4)10-7-11-18)12-15-19-13-8-5-6-9-14(13)21(15)2/h5-6,8-9,16H,7,10-12H2,1-4H3/t16-/m0/s1. The Kier molecular flexibility index (Phi) is 4.60. The third-order valence-corrected chi connectivity index (χ3v) is 5.24. The third-order valence-electron chi connectivity index (χ3n) is 5.24. The second-order valence-electron chi connectivity index (χ2n) is 6.54. The average Bonchev–Trinajstić information content (AvgIpc) is 2.86. The van der Waals surface area contributed by atoms with Crippen LogP contribution in [0.1, 0.15) is 25.1 Å². The lowest BCUT2D eigenvalue weighted by Gasteiger charge is -2.47. The highest BCUT2D eigenvalue weighted by Crippen LogP contribution is 2.40.